The summed E-state index contributed by atoms with van der Waals surface area (Å²) in [5, 5.41) is 4.99. The second-order valence-corrected chi connectivity index (χ2v) is 5.58. The molecule has 0 N–H and O–H groups in total. The van der Waals surface area contributed by atoms with Crippen LogP contribution in [-0.2, 0) is 0 Å². The Kier molecular flexibility index (Phi) is 1.86. The van der Waals surface area contributed by atoms with Crippen molar-refractivity contribution in [3.63, 3.8) is 0 Å². The molecule has 2 aliphatic carbocycles. The van der Waals surface area contributed by atoms with E-state index in [0.717, 1.165) is 23.9 Å². The van der Waals surface area contributed by atoms with Gasteiger partial charge in [-0.15, -0.1) is 0 Å². The molecule has 0 unspecified atom stereocenters. The molecular weight excluding hydrogens is 242 g/mol. The molecule has 0 saturated heterocycles. The molecule has 1 heterocycles. The normalized spacial score (nSPS) is 17.0. The summed E-state index contributed by atoms with van der Waals surface area (Å²) < 4.78 is 0. The fourth-order valence-corrected chi connectivity index (χ4v) is 3.51. The highest BCUT2D eigenvalue weighted by molar-refractivity contribution is 5.90. The first-order chi connectivity index (χ1) is 9.92. The minimum absolute atomic E-state index is 1.10. The van der Waals surface area contributed by atoms with Crippen molar-refractivity contribution >= 4 is 17.3 Å². The highest BCUT2D eigenvalue weighted by Crippen LogP contribution is 2.34. The van der Waals surface area contributed by atoms with E-state index in [1.807, 2.05) is 0 Å². The third-order valence-electron chi connectivity index (χ3n) is 4.46. The van der Waals surface area contributed by atoms with Crippen LogP contribution in [-0.4, -0.2) is 0 Å². The van der Waals surface area contributed by atoms with Crippen LogP contribution >= 0.6 is 0 Å². The zero-order valence-electron chi connectivity index (χ0n) is 11.1. The Labute approximate surface area is 116 Å². The fraction of sp³-hybridized carbons (Fsp3) is 0.105. The van der Waals surface area contributed by atoms with Crippen molar-refractivity contribution in [3.8, 4) is 0 Å². The lowest BCUT2D eigenvalue weighted by atomic mass is 9.97. The number of hydrogen-bond acceptors (Lipinski definition) is 1. The van der Waals surface area contributed by atoms with Gasteiger partial charge in [0.25, 0.3) is 0 Å². The van der Waals surface area contributed by atoms with Crippen LogP contribution in [0.15, 0.2) is 59.1 Å². The Hall–Kier alpha value is -2.41. The van der Waals surface area contributed by atoms with E-state index in [0.29, 0.717) is 0 Å². The first kappa shape index (κ1) is 10.4. The molecule has 0 aromatic heterocycles. The first-order valence-electron chi connectivity index (χ1n) is 7.15. The zero-order chi connectivity index (χ0) is 13.1. The second-order valence-electron chi connectivity index (χ2n) is 5.58. The summed E-state index contributed by atoms with van der Waals surface area (Å²) in [6, 6.07) is 12.9. The SMILES string of the molecule is C1=CC2=c3ccc4c(c3C=C2CC1)N=c1ccccc1=4. The number of allylic oxidation sites excluding steroid dienone is 3. The van der Waals surface area contributed by atoms with Crippen LogP contribution in [0.5, 0.6) is 0 Å². The van der Waals surface area contributed by atoms with Crippen molar-refractivity contribution in [2.75, 3.05) is 0 Å². The molecule has 3 aliphatic rings. The van der Waals surface area contributed by atoms with E-state index in [9.17, 15) is 0 Å². The van der Waals surface area contributed by atoms with E-state index in [2.05, 4.69) is 54.6 Å². The van der Waals surface area contributed by atoms with Crippen molar-refractivity contribution in [1.82, 2.24) is 0 Å². The Morgan fingerprint density at radius 2 is 1.80 bits per heavy atom. The summed E-state index contributed by atoms with van der Waals surface area (Å²) in [5.41, 5.74) is 5.35. The summed E-state index contributed by atoms with van der Waals surface area (Å²) in [5.74, 6) is 0. The predicted octanol–water partition coefficient (Wildman–Crippen LogP) is 3.14. The summed E-state index contributed by atoms with van der Waals surface area (Å²) in [6.45, 7) is 0. The lowest BCUT2D eigenvalue weighted by Gasteiger charge is -2.07. The maximum atomic E-state index is 4.86. The lowest BCUT2D eigenvalue weighted by Crippen LogP contribution is -2.06. The number of rotatable bonds is 0. The van der Waals surface area contributed by atoms with Gasteiger partial charge in [0.1, 0.15) is 0 Å². The van der Waals surface area contributed by atoms with Gasteiger partial charge in [0, 0.05) is 16.0 Å². The summed E-state index contributed by atoms with van der Waals surface area (Å²) >= 11 is 0. The van der Waals surface area contributed by atoms with Crippen LogP contribution in [0.2, 0.25) is 0 Å². The van der Waals surface area contributed by atoms with Gasteiger partial charge in [-0.25, -0.2) is 4.99 Å². The zero-order valence-corrected chi connectivity index (χ0v) is 11.1. The molecule has 0 atom stereocenters. The van der Waals surface area contributed by atoms with Gasteiger partial charge in [-0.3, -0.25) is 0 Å². The van der Waals surface area contributed by atoms with Crippen molar-refractivity contribution in [2.24, 2.45) is 4.99 Å². The van der Waals surface area contributed by atoms with E-state index >= 15 is 0 Å². The van der Waals surface area contributed by atoms with E-state index in [1.165, 1.54) is 32.4 Å². The molecule has 0 fully saturated rings. The first-order valence-corrected chi connectivity index (χ1v) is 7.15. The van der Waals surface area contributed by atoms with Crippen molar-refractivity contribution in [3.05, 3.63) is 80.7 Å². The standard InChI is InChI=1S/C19H13N/c1-2-6-13-12(5-1)11-17-14(13)9-10-16-15-7-3-4-8-18(15)20-19(16)17/h2-4,6-11H,1,5H2. The van der Waals surface area contributed by atoms with Gasteiger partial charge < -0.3 is 0 Å². The predicted molar refractivity (Wildman–Crippen MR) is 80.8 cm³/mol. The molecule has 5 rings (SSSR count). The van der Waals surface area contributed by atoms with Gasteiger partial charge in [-0.05, 0) is 41.3 Å². The van der Waals surface area contributed by atoms with E-state index in [4.69, 9.17) is 4.99 Å². The third kappa shape index (κ3) is 1.20. The lowest BCUT2D eigenvalue weighted by molar-refractivity contribution is 1.01. The molecule has 0 spiro atoms. The number of nitrogens with zero attached hydrogens (tertiary/aromatic N) is 1. The highest BCUT2D eigenvalue weighted by atomic mass is 14.7. The summed E-state index contributed by atoms with van der Waals surface area (Å²) in [4.78, 5) is 4.86. The number of benzene rings is 2. The van der Waals surface area contributed by atoms with Crippen LogP contribution in [0.25, 0.3) is 11.6 Å². The van der Waals surface area contributed by atoms with Gasteiger partial charge in [-0.2, -0.15) is 0 Å². The van der Waals surface area contributed by atoms with Crippen molar-refractivity contribution in [2.45, 2.75) is 12.8 Å². The van der Waals surface area contributed by atoms with Crippen LogP contribution in [0, 0.1) is 10.4 Å². The van der Waals surface area contributed by atoms with Crippen LogP contribution < -0.4 is 10.6 Å². The molecule has 2 aromatic rings. The Morgan fingerprint density at radius 1 is 0.900 bits per heavy atom. The molecule has 2 aromatic carbocycles. The van der Waals surface area contributed by atoms with Gasteiger partial charge in [-0.1, -0.05) is 42.5 Å². The molecule has 1 aliphatic heterocycles. The van der Waals surface area contributed by atoms with Crippen molar-refractivity contribution in [1.29, 1.82) is 0 Å². The monoisotopic (exact) mass is 255 g/mol. The van der Waals surface area contributed by atoms with Gasteiger partial charge in [0.05, 0.1) is 11.0 Å². The average molecular weight is 255 g/mol. The molecule has 1 nitrogen and oxygen atoms in total. The summed E-state index contributed by atoms with van der Waals surface area (Å²) in [6.07, 6.45) is 9.21. The minimum Gasteiger partial charge on any atom is -0.247 e. The highest BCUT2D eigenvalue weighted by Gasteiger charge is 2.19. The summed E-state index contributed by atoms with van der Waals surface area (Å²) in [7, 11) is 0. The van der Waals surface area contributed by atoms with Gasteiger partial charge in [0.15, 0.2) is 0 Å². The van der Waals surface area contributed by atoms with Gasteiger partial charge >= 0.3 is 0 Å². The molecule has 0 amide bonds. The Morgan fingerprint density at radius 3 is 2.80 bits per heavy atom. The van der Waals surface area contributed by atoms with E-state index < -0.39 is 0 Å². The molecule has 0 radical (unpaired) electrons. The molecule has 0 saturated carbocycles. The van der Waals surface area contributed by atoms with Crippen LogP contribution in [0.1, 0.15) is 18.4 Å². The van der Waals surface area contributed by atoms with E-state index in [1.54, 1.807) is 0 Å². The fourth-order valence-electron chi connectivity index (χ4n) is 3.51. The Bertz CT molecular complexity index is 1040. The molecule has 0 bridgehead atoms. The topological polar surface area (TPSA) is 12.4 Å². The van der Waals surface area contributed by atoms with E-state index in [-0.39, 0.29) is 0 Å². The quantitative estimate of drug-likeness (QED) is 0.585. The Balaban J connectivity index is 1.99. The molecular formula is C19H13N. The molecule has 20 heavy (non-hydrogen) atoms. The van der Waals surface area contributed by atoms with Gasteiger partial charge in [0.2, 0.25) is 0 Å². The van der Waals surface area contributed by atoms with Crippen LogP contribution in [0.4, 0.5) is 5.69 Å². The minimum atomic E-state index is 1.10. The molecule has 1 heteroatoms. The maximum absolute atomic E-state index is 4.86. The average Bonchev–Trinajstić information content (AvgIpc) is 3.05. The molecule has 94 valence electrons. The van der Waals surface area contributed by atoms with Crippen molar-refractivity contribution < 1.29 is 0 Å². The maximum Gasteiger partial charge on any atom is 0.0794 e. The number of fused-ring (bicyclic) bond motifs is 5. The number of hydrogen-bond donors (Lipinski definition) is 0. The smallest absolute Gasteiger partial charge is 0.0794 e. The largest absolute Gasteiger partial charge is 0.247 e. The third-order valence-corrected chi connectivity index (χ3v) is 4.46. The number of para-hydroxylation sites is 1. The second kappa shape index (κ2) is 3.57. The van der Waals surface area contributed by atoms with Crippen LogP contribution in [0.3, 0.4) is 0 Å².